The Labute approximate surface area is 134 Å². The summed E-state index contributed by atoms with van der Waals surface area (Å²) in [5, 5.41) is 6.37. The van der Waals surface area contributed by atoms with Crippen molar-refractivity contribution in [2.45, 2.75) is 45.2 Å². The Kier molecular flexibility index (Phi) is 6.40. The van der Waals surface area contributed by atoms with E-state index in [-0.39, 0.29) is 5.91 Å². The Morgan fingerprint density at radius 3 is 2.59 bits per heavy atom. The quantitative estimate of drug-likeness (QED) is 0.845. The average Bonchev–Trinajstić information content (AvgIpc) is 2.53. The Hall–Kier alpha value is -1.39. The highest BCUT2D eigenvalue weighted by Gasteiger charge is 2.23. The number of likely N-dealkylation sites (N-methyl/N-ethyl adjacent to an activating group) is 1. The molecule has 4 heteroatoms. The zero-order valence-electron chi connectivity index (χ0n) is 14.1. The highest BCUT2D eigenvalue weighted by Crippen LogP contribution is 2.15. The molecule has 1 aliphatic rings. The van der Waals surface area contributed by atoms with Crippen LogP contribution in [0.5, 0.6) is 0 Å². The first-order valence-electron chi connectivity index (χ1n) is 8.39. The highest BCUT2D eigenvalue weighted by atomic mass is 16.1. The minimum absolute atomic E-state index is 0.0784. The first kappa shape index (κ1) is 17.0. The maximum Gasteiger partial charge on any atom is 0.251 e. The smallest absolute Gasteiger partial charge is 0.251 e. The van der Waals surface area contributed by atoms with Crippen molar-refractivity contribution in [2.75, 3.05) is 26.7 Å². The van der Waals surface area contributed by atoms with Crippen LogP contribution in [0.1, 0.15) is 42.6 Å². The number of piperidine rings is 1. The number of benzene rings is 1. The van der Waals surface area contributed by atoms with Crippen LogP contribution < -0.4 is 10.6 Å². The maximum atomic E-state index is 12.6. The van der Waals surface area contributed by atoms with Gasteiger partial charge in [-0.2, -0.15) is 0 Å². The van der Waals surface area contributed by atoms with Gasteiger partial charge in [-0.1, -0.05) is 18.2 Å². The standard InChI is InChI=1S/C18H29N3O/c1-14(2)21-12-9-16(10-13-21)20-18(22)17-7-5-4-6-15(17)8-11-19-3/h4-7,14,16,19H,8-13H2,1-3H3,(H,20,22). The third kappa shape index (κ3) is 4.55. The molecular formula is C18H29N3O. The fraction of sp³-hybridized carbons (Fsp3) is 0.611. The molecule has 0 aromatic heterocycles. The topological polar surface area (TPSA) is 44.4 Å². The van der Waals surface area contributed by atoms with Crippen LogP contribution in [0.2, 0.25) is 0 Å². The van der Waals surface area contributed by atoms with E-state index >= 15 is 0 Å². The van der Waals surface area contributed by atoms with Crippen molar-refractivity contribution in [3.8, 4) is 0 Å². The molecule has 1 aromatic carbocycles. The summed E-state index contributed by atoms with van der Waals surface area (Å²) in [6, 6.07) is 8.83. The van der Waals surface area contributed by atoms with Crippen LogP contribution in [-0.4, -0.2) is 49.6 Å². The van der Waals surface area contributed by atoms with Gasteiger partial charge in [0.05, 0.1) is 0 Å². The van der Waals surface area contributed by atoms with Crippen LogP contribution in [0.4, 0.5) is 0 Å². The molecule has 0 spiro atoms. The minimum Gasteiger partial charge on any atom is -0.349 e. The van der Waals surface area contributed by atoms with E-state index in [2.05, 4.69) is 29.4 Å². The van der Waals surface area contributed by atoms with Crippen LogP contribution in [0, 0.1) is 0 Å². The van der Waals surface area contributed by atoms with E-state index in [1.54, 1.807) is 0 Å². The lowest BCUT2D eigenvalue weighted by Gasteiger charge is -2.34. The van der Waals surface area contributed by atoms with Gasteiger partial charge in [-0.15, -0.1) is 0 Å². The normalized spacial score (nSPS) is 16.9. The molecule has 4 nitrogen and oxygen atoms in total. The van der Waals surface area contributed by atoms with Crippen molar-refractivity contribution in [2.24, 2.45) is 0 Å². The fourth-order valence-corrected chi connectivity index (χ4v) is 3.04. The molecule has 1 heterocycles. The number of amides is 1. The molecule has 1 aliphatic heterocycles. The van der Waals surface area contributed by atoms with Gasteiger partial charge >= 0.3 is 0 Å². The highest BCUT2D eigenvalue weighted by molar-refractivity contribution is 5.95. The molecule has 0 radical (unpaired) electrons. The van der Waals surface area contributed by atoms with Gasteiger partial charge in [0.25, 0.3) is 5.91 Å². The summed E-state index contributed by atoms with van der Waals surface area (Å²) >= 11 is 0. The van der Waals surface area contributed by atoms with Gasteiger partial charge in [0, 0.05) is 30.7 Å². The summed E-state index contributed by atoms with van der Waals surface area (Å²) in [6.45, 7) is 7.50. The van der Waals surface area contributed by atoms with E-state index < -0.39 is 0 Å². The van der Waals surface area contributed by atoms with Crippen molar-refractivity contribution in [1.82, 2.24) is 15.5 Å². The lowest BCUT2D eigenvalue weighted by Crippen LogP contribution is -2.46. The van der Waals surface area contributed by atoms with Crippen LogP contribution in [-0.2, 0) is 6.42 Å². The molecule has 1 amide bonds. The zero-order chi connectivity index (χ0) is 15.9. The summed E-state index contributed by atoms with van der Waals surface area (Å²) in [7, 11) is 1.94. The van der Waals surface area contributed by atoms with E-state index in [9.17, 15) is 4.79 Å². The summed E-state index contributed by atoms with van der Waals surface area (Å²) < 4.78 is 0. The molecule has 0 aliphatic carbocycles. The number of likely N-dealkylation sites (tertiary alicyclic amines) is 1. The first-order chi connectivity index (χ1) is 10.6. The fourth-order valence-electron chi connectivity index (χ4n) is 3.04. The SMILES string of the molecule is CNCCc1ccccc1C(=O)NC1CCN(C(C)C)CC1. The lowest BCUT2D eigenvalue weighted by molar-refractivity contribution is 0.0899. The number of carbonyl (C=O) groups is 1. The molecule has 22 heavy (non-hydrogen) atoms. The second-order valence-corrected chi connectivity index (χ2v) is 6.39. The van der Waals surface area contributed by atoms with Gasteiger partial charge in [-0.25, -0.2) is 0 Å². The van der Waals surface area contributed by atoms with Crippen LogP contribution in [0.3, 0.4) is 0 Å². The van der Waals surface area contributed by atoms with Gasteiger partial charge < -0.3 is 15.5 Å². The molecule has 2 N–H and O–H groups in total. The Balaban J connectivity index is 1.93. The Bertz CT molecular complexity index is 479. The number of hydrogen-bond donors (Lipinski definition) is 2. The summed E-state index contributed by atoms with van der Waals surface area (Å²) in [5.74, 6) is 0.0784. The Morgan fingerprint density at radius 1 is 1.27 bits per heavy atom. The van der Waals surface area contributed by atoms with Crippen molar-refractivity contribution in [1.29, 1.82) is 0 Å². The first-order valence-corrected chi connectivity index (χ1v) is 8.39. The van der Waals surface area contributed by atoms with E-state index in [1.165, 1.54) is 0 Å². The van der Waals surface area contributed by atoms with E-state index in [1.807, 2.05) is 31.3 Å². The average molecular weight is 303 g/mol. The zero-order valence-corrected chi connectivity index (χ0v) is 14.1. The molecule has 122 valence electrons. The number of rotatable bonds is 6. The van der Waals surface area contributed by atoms with Gasteiger partial charge in [0.15, 0.2) is 0 Å². The second-order valence-electron chi connectivity index (χ2n) is 6.39. The summed E-state index contributed by atoms with van der Waals surface area (Å²) in [5.41, 5.74) is 1.94. The van der Waals surface area contributed by atoms with Crippen molar-refractivity contribution in [3.05, 3.63) is 35.4 Å². The van der Waals surface area contributed by atoms with Gasteiger partial charge in [0.2, 0.25) is 0 Å². The summed E-state index contributed by atoms with van der Waals surface area (Å²) in [4.78, 5) is 15.0. The third-order valence-electron chi connectivity index (χ3n) is 4.50. The molecule has 0 atom stereocenters. The largest absolute Gasteiger partial charge is 0.349 e. The molecular weight excluding hydrogens is 274 g/mol. The van der Waals surface area contributed by atoms with Gasteiger partial charge in [-0.3, -0.25) is 4.79 Å². The van der Waals surface area contributed by atoms with Gasteiger partial charge in [0.1, 0.15) is 0 Å². The number of nitrogens with one attached hydrogen (secondary N) is 2. The number of nitrogens with zero attached hydrogens (tertiary/aromatic N) is 1. The molecule has 1 saturated heterocycles. The van der Waals surface area contributed by atoms with E-state index in [0.717, 1.165) is 50.0 Å². The third-order valence-corrected chi connectivity index (χ3v) is 4.50. The van der Waals surface area contributed by atoms with Crippen molar-refractivity contribution >= 4 is 5.91 Å². The predicted octanol–water partition coefficient (Wildman–Crippen LogP) is 2.05. The summed E-state index contributed by atoms with van der Waals surface area (Å²) in [6.07, 6.45) is 2.97. The van der Waals surface area contributed by atoms with Crippen molar-refractivity contribution in [3.63, 3.8) is 0 Å². The second kappa shape index (κ2) is 8.30. The maximum absolute atomic E-state index is 12.6. The van der Waals surface area contributed by atoms with Crippen molar-refractivity contribution < 1.29 is 4.79 Å². The molecule has 1 aromatic rings. The lowest BCUT2D eigenvalue weighted by atomic mass is 10.0. The molecule has 2 rings (SSSR count). The molecule has 0 unspecified atom stereocenters. The predicted molar refractivity (Wildman–Crippen MR) is 91.3 cm³/mol. The molecule has 1 fully saturated rings. The molecule has 0 bridgehead atoms. The van der Waals surface area contributed by atoms with Crippen LogP contribution in [0.25, 0.3) is 0 Å². The van der Waals surface area contributed by atoms with Crippen LogP contribution in [0.15, 0.2) is 24.3 Å². The van der Waals surface area contributed by atoms with E-state index in [0.29, 0.717) is 12.1 Å². The van der Waals surface area contributed by atoms with Gasteiger partial charge in [-0.05, 0) is 58.3 Å². The number of hydrogen-bond acceptors (Lipinski definition) is 3. The monoisotopic (exact) mass is 303 g/mol. The molecule has 0 saturated carbocycles. The van der Waals surface area contributed by atoms with Crippen LogP contribution >= 0.6 is 0 Å². The minimum atomic E-state index is 0.0784. The van der Waals surface area contributed by atoms with E-state index in [4.69, 9.17) is 0 Å². The number of carbonyl (C=O) groups excluding carboxylic acids is 1. The Morgan fingerprint density at radius 2 is 1.95 bits per heavy atom.